The van der Waals surface area contributed by atoms with E-state index in [4.69, 9.17) is 0 Å². The molecule has 1 N–H and O–H groups in total. The number of hydrogen-bond acceptors (Lipinski definition) is 5. The van der Waals surface area contributed by atoms with Crippen LogP contribution in [-0.4, -0.2) is 65.9 Å². The van der Waals surface area contributed by atoms with Gasteiger partial charge in [0.25, 0.3) is 5.91 Å². The molecule has 4 heterocycles. The van der Waals surface area contributed by atoms with Crippen LogP contribution >= 0.6 is 0 Å². The summed E-state index contributed by atoms with van der Waals surface area (Å²) >= 11 is 0. The minimum Gasteiger partial charge on any atom is -0.319 e. The molecule has 7 nitrogen and oxygen atoms in total. The van der Waals surface area contributed by atoms with E-state index in [1.165, 1.54) is 51.7 Å². The molecule has 7 heteroatoms. The van der Waals surface area contributed by atoms with Crippen molar-refractivity contribution < 1.29 is 9.59 Å². The summed E-state index contributed by atoms with van der Waals surface area (Å²) in [6.07, 6.45) is 10.7. The third-order valence-electron chi connectivity index (χ3n) is 7.49. The van der Waals surface area contributed by atoms with Gasteiger partial charge in [-0.2, -0.15) is 0 Å². The lowest BCUT2D eigenvalue weighted by atomic mass is 9.92. The van der Waals surface area contributed by atoms with E-state index in [2.05, 4.69) is 20.1 Å². The van der Waals surface area contributed by atoms with Gasteiger partial charge < -0.3 is 10.2 Å². The Labute approximate surface area is 202 Å². The van der Waals surface area contributed by atoms with Crippen molar-refractivity contribution in [1.82, 2.24) is 14.8 Å². The number of hydrogen-bond donors (Lipinski definition) is 1. The summed E-state index contributed by atoms with van der Waals surface area (Å²) in [7, 11) is 0. The number of aromatic nitrogens is 1. The average Bonchev–Trinajstić information content (AvgIpc) is 2.99. The van der Waals surface area contributed by atoms with Crippen LogP contribution in [0.25, 0.3) is 0 Å². The third kappa shape index (κ3) is 5.15. The molecule has 0 aliphatic carbocycles. The number of carbonyl (C=O) groups is 2. The topological polar surface area (TPSA) is 68.8 Å². The second-order valence-electron chi connectivity index (χ2n) is 9.84. The molecule has 1 aromatic carbocycles. The van der Waals surface area contributed by atoms with Crippen LogP contribution in [0.4, 0.5) is 17.2 Å². The fourth-order valence-electron chi connectivity index (χ4n) is 5.57. The maximum Gasteiger partial charge on any atom is 0.257 e. The highest BCUT2D eigenvalue weighted by molar-refractivity contribution is 6.17. The molecule has 3 aliphatic rings. The molecule has 0 unspecified atom stereocenters. The van der Waals surface area contributed by atoms with Gasteiger partial charge >= 0.3 is 0 Å². The molecular weight excluding hydrogens is 426 g/mol. The highest BCUT2D eigenvalue weighted by Crippen LogP contribution is 2.36. The molecule has 34 heavy (non-hydrogen) atoms. The number of likely N-dealkylation sites (tertiary alicyclic amines) is 2. The first-order chi connectivity index (χ1) is 16.7. The standard InChI is InChI=1S/C27H35N5O2/c33-25(20-31-18-12-21(13-19-31)8-7-17-30-15-4-1-5-16-30)32-24-11-3-2-9-22(24)27(34)29-23-10-6-14-28-26(23)32/h2-3,6,9-11,14,21H,1,4-5,7-8,12-13,15-20H2,(H,29,34). The Morgan fingerprint density at radius 1 is 0.971 bits per heavy atom. The van der Waals surface area contributed by atoms with Crippen molar-refractivity contribution in [2.24, 2.45) is 5.92 Å². The number of nitrogens with one attached hydrogen (secondary N) is 1. The predicted octanol–water partition coefficient (Wildman–Crippen LogP) is 4.29. The first-order valence-electron chi connectivity index (χ1n) is 12.8. The number of piperidine rings is 2. The van der Waals surface area contributed by atoms with E-state index in [-0.39, 0.29) is 11.8 Å². The molecule has 0 atom stereocenters. The predicted molar refractivity (Wildman–Crippen MR) is 134 cm³/mol. The molecule has 2 aromatic rings. The lowest BCUT2D eigenvalue weighted by Crippen LogP contribution is -2.42. The van der Waals surface area contributed by atoms with Gasteiger partial charge in [-0.1, -0.05) is 18.6 Å². The second-order valence-corrected chi connectivity index (χ2v) is 9.84. The Bertz CT molecular complexity index is 1010. The van der Waals surface area contributed by atoms with Crippen LogP contribution in [0, 0.1) is 5.92 Å². The molecule has 0 saturated carbocycles. The van der Waals surface area contributed by atoms with Crippen LogP contribution in [-0.2, 0) is 4.79 Å². The van der Waals surface area contributed by atoms with Crippen molar-refractivity contribution in [3.05, 3.63) is 48.2 Å². The normalized spacial score (nSPS) is 19.8. The molecule has 3 aliphatic heterocycles. The van der Waals surface area contributed by atoms with Crippen molar-refractivity contribution >= 4 is 29.0 Å². The summed E-state index contributed by atoms with van der Waals surface area (Å²) < 4.78 is 0. The SMILES string of the molecule is O=C1Nc2cccnc2N(C(=O)CN2CCC(CCCN3CCCCC3)CC2)c2ccccc21. The van der Waals surface area contributed by atoms with Crippen molar-refractivity contribution in [2.75, 3.05) is 49.5 Å². The summed E-state index contributed by atoms with van der Waals surface area (Å²) in [5.74, 6) is 0.982. The maximum absolute atomic E-state index is 13.6. The second kappa shape index (κ2) is 10.7. The molecular formula is C27H35N5O2. The third-order valence-corrected chi connectivity index (χ3v) is 7.49. The van der Waals surface area contributed by atoms with Gasteiger partial charge in [0.1, 0.15) is 0 Å². The summed E-state index contributed by atoms with van der Waals surface area (Å²) in [4.78, 5) is 37.3. The van der Waals surface area contributed by atoms with E-state index in [0.29, 0.717) is 29.3 Å². The van der Waals surface area contributed by atoms with Crippen molar-refractivity contribution in [2.45, 2.75) is 44.9 Å². The lowest BCUT2D eigenvalue weighted by Gasteiger charge is -2.33. The van der Waals surface area contributed by atoms with E-state index < -0.39 is 0 Å². The van der Waals surface area contributed by atoms with Gasteiger partial charge in [-0.25, -0.2) is 4.98 Å². The number of nitrogens with zero attached hydrogens (tertiary/aromatic N) is 4. The first kappa shape index (κ1) is 23.0. The fraction of sp³-hybridized carbons (Fsp3) is 0.519. The minimum absolute atomic E-state index is 0.0487. The van der Waals surface area contributed by atoms with E-state index in [1.807, 2.05) is 18.2 Å². The number of rotatable bonds is 6. The van der Waals surface area contributed by atoms with Crippen LogP contribution < -0.4 is 10.2 Å². The number of carbonyl (C=O) groups excluding carboxylic acids is 2. The Balaban J connectivity index is 1.20. The molecule has 5 rings (SSSR count). The van der Waals surface area contributed by atoms with Gasteiger partial charge in [-0.15, -0.1) is 0 Å². The van der Waals surface area contributed by atoms with E-state index in [9.17, 15) is 9.59 Å². The molecule has 0 radical (unpaired) electrons. The van der Waals surface area contributed by atoms with E-state index in [0.717, 1.165) is 31.8 Å². The highest BCUT2D eigenvalue weighted by Gasteiger charge is 2.31. The van der Waals surface area contributed by atoms with Gasteiger partial charge in [-0.3, -0.25) is 19.4 Å². The van der Waals surface area contributed by atoms with Gasteiger partial charge in [0.15, 0.2) is 5.82 Å². The number of benzene rings is 1. The van der Waals surface area contributed by atoms with Gasteiger partial charge in [0.05, 0.1) is 23.5 Å². The minimum atomic E-state index is -0.217. The average molecular weight is 462 g/mol. The number of pyridine rings is 1. The van der Waals surface area contributed by atoms with Gasteiger partial charge in [-0.05, 0) is 101 Å². The smallest absolute Gasteiger partial charge is 0.257 e. The van der Waals surface area contributed by atoms with E-state index >= 15 is 0 Å². The highest BCUT2D eigenvalue weighted by atomic mass is 16.2. The van der Waals surface area contributed by atoms with Crippen molar-refractivity contribution in [1.29, 1.82) is 0 Å². The maximum atomic E-state index is 13.6. The van der Waals surface area contributed by atoms with Gasteiger partial charge in [0, 0.05) is 6.20 Å². The molecule has 180 valence electrons. The molecule has 0 spiro atoms. The fourth-order valence-corrected chi connectivity index (χ4v) is 5.57. The zero-order chi connectivity index (χ0) is 23.3. The number of fused-ring (bicyclic) bond motifs is 2. The molecule has 0 bridgehead atoms. The first-order valence-corrected chi connectivity index (χ1v) is 12.8. The summed E-state index contributed by atoms with van der Waals surface area (Å²) in [5.41, 5.74) is 1.64. The van der Waals surface area contributed by atoms with Gasteiger partial charge in [0.2, 0.25) is 5.91 Å². The summed E-state index contributed by atoms with van der Waals surface area (Å²) in [6.45, 7) is 6.02. The molecule has 2 amide bonds. The van der Waals surface area contributed by atoms with Crippen LogP contribution in [0.15, 0.2) is 42.6 Å². The van der Waals surface area contributed by atoms with Crippen LogP contribution in [0.1, 0.15) is 55.3 Å². The Morgan fingerprint density at radius 3 is 2.59 bits per heavy atom. The van der Waals surface area contributed by atoms with Crippen molar-refractivity contribution in [3.63, 3.8) is 0 Å². The lowest BCUT2D eigenvalue weighted by molar-refractivity contribution is -0.119. The van der Waals surface area contributed by atoms with Crippen LogP contribution in [0.5, 0.6) is 0 Å². The monoisotopic (exact) mass is 461 g/mol. The van der Waals surface area contributed by atoms with Crippen LogP contribution in [0.2, 0.25) is 0 Å². The Kier molecular flexibility index (Phi) is 7.21. The Morgan fingerprint density at radius 2 is 1.76 bits per heavy atom. The Hall–Kier alpha value is -2.77. The zero-order valence-corrected chi connectivity index (χ0v) is 19.9. The van der Waals surface area contributed by atoms with Crippen molar-refractivity contribution in [3.8, 4) is 0 Å². The number of anilines is 3. The molecule has 1 aromatic heterocycles. The summed E-state index contributed by atoms with van der Waals surface area (Å²) in [6, 6.07) is 10.8. The molecule has 2 saturated heterocycles. The summed E-state index contributed by atoms with van der Waals surface area (Å²) in [5, 5.41) is 2.90. The number of para-hydroxylation sites is 1. The molecule has 2 fully saturated rings. The number of amides is 2. The van der Waals surface area contributed by atoms with E-state index in [1.54, 1.807) is 29.3 Å². The van der Waals surface area contributed by atoms with Crippen LogP contribution in [0.3, 0.4) is 0 Å². The zero-order valence-electron chi connectivity index (χ0n) is 19.9. The largest absolute Gasteiger partial charge is 0.319 e. The quantitative estimate of drug-likeness (QED) is 0.695.